The van der Waals surface area contributed by atoms with E-state index in [4.69, 9.17) is 53.3 Å². The Hall–Kier alpha value is -5.17. The van der Waals surface area contributed by atoms with Crippen molar-refractivity contribution >= 4 is 53.2 Å². The molecule has 28 heteroatoms. The number of carboxylic acids is 1. The Kier molecular flexibility index (Phi) is 48.2. The van der Waals surface area contributed by atoms with E-state index in [0.717, 1.165) is 0 Å². The number of rotatable bonds is 55. The Morgan fingerprint density at radius 2 is 0.622 bits per heavy atom. The largest absolute Gasteiger partial charge is 0.480 e. The summed E-state index contributed by atoms with van der Waals surface area (Å²) < 4.78 is 20.6. The van der Waals surface area contributed by atoms with Gasteiger partial charge in [-0.3, -0.25) is 38.4 Å². The summed E-state index contributed by atoms with van der Waals surface area (Å²) in [5.74, 6) is -5.96. The van der Waals surface area contributed by atoms with E-state index < -0.39 is 83.7 Å². The molecule has 0 aromatic rings. The third-order valence-electron chi connectivity index (χ3n) is 13.2. The summed E-state index contributed by atoms with van der Waals surface area (Å²) in [4.78, 5) is 121. The van der Waals surface area contributed by atoms with E-state index in [1.807, 2.05) is 0 Å². The molecule has 0 spiro atoms. The number of carbonyl (C=O) groups is 9. The molecule has 0 aliphatic carbocycles. The van der Waals surface area contributed by atoms with E-state index in [9.17, 15) is 48.3 Å². The molecule has 21 N–H and O–H groups in total. The topological polar surface area (TPSA) is 463 Å². The Balaban J connectivity index is 6.59. The highest BCUT2D eigenvalue weighted by Gasteiger charge is 2.33. The molecular formula is C54H106N14O14. The maximum Gasteiger partial charge on any atom is 0.326 e. The van der Waals surface area contributed by atoms with Crippen molar-refractivity contribution < 1.29 is 67.2 Å². The lowest BCUT2D eigenvalue weighted by Gasteiger charge is -2.28. The predicted octanol–water partition coefficient (Wildman–Crippen LogP) is -2.37. The Labute approximate surface area is 485 Å². The number of hydrogen-bond donors (Lipinski definition) is 15. The molecule has 7 atom stereocenters. The first-order chi connectivity index (χ1) is 39.5. The third kappa shape index (κ3) is 39.3. The van der Waals surface area contributed by atoms with Crippen molar-refractivity contribution in [3.05, 3.63) is 0 Å². The van der Waals surface area contributed by atoms with Crippen LogP contribution in [0.2, 0.25) is 0 Å². The molecule has 0 aliphatic heterocycles. The van der Waals surface area contributed by atoms with E-state index in [1.165, 1.54) is 0 Å². The molecule has 0 heterocycles. The van der Waals surface area contributed by atoms with Gasteiger partial charge in [0.25, 0.3) is 0 Å². The minimum absolute atomic E-state index is 0.0292. The van der Waals surface area contributed by atoms with Gasteiger partial charge in [-0.1, -0.05) is 6.42 Å². The van der Waals surface area contributed by atoms with Gasteiger partial charge in [0.05, 0.1) is 45.7 Å². The smallest absolute Gasteiger partial charge is 0.326 e. The highest BCUT2D eigenvalue weighted by atomic mass is 16.5. The third-order valence-corrected chi connectivity index (χ3v) is 13.2. The van der Waals surface area contributed by atoms with Crippen molar-refractivity contribution in [3.63, 3.8) is 0 Å². The number of nitrogens with two attached hydrogens (primary N) is 6. The van der Waals surface area contributed by atoms with Crippen molar-refractivity contribution in [3.8, 4) is 0 Å². The summed E-state index contributed by atoms with van der Waals surface area (Å²) in [6.45, 7) is 4.06. The minimum atomic E-state index is -1.32. The van der Waals surface area contributed by atoms with E-state index in [1.54, 1.807) is 14.2 Å². The van der Waals surface area contributed by atoms with Gasteiger partial charge < -0.3 is 101 Å². The van der Waals surface area contributed by atoms with Crippen molar-refractivity contribution in [1.29, 1.82) is 0 Å². The van der Waals surface area contributed by atoms with Crippen molar-refractivity contribution in [2.45, 2.75) is 190 Å². The molecule has 28 nitrogen and oxygen atoms in total. The Bertz CT molecular complexity index is 1780. The highest BCUT2D eigenvalue weighted by Crippen LogP contribution is 2.12. The molecule has 0 saturated carbocycles. The molecule has 0 fully saturated rings. The molecular weight excluding hydrogens is 1070 g/mol. The van der Waals surface area contributed by atoms with Gasteiger partial charge in [-0.05, 0) is 161 Å². The molecule has 476 valence electrons. The number of aliphatic carboxylic acids is 1. The summed E-state index contributed by atoms with van der Waals surface area (Å²) in [6, 6.07) is -8.32. The average Bonchev–Trinajstić information content (AvgIpc) is 3.46. The van der Waals surface area contributed by atoms with E-state index in [0.29, 0.717) is 142 Å². The van der Waals surface area contributed by atoms with E-state index >= 15 is 0 Å². The number of hydrogen-bond acceptors (Lipinski definition) is 19. The lowest BCUT2D eigenvalue weighted by atomic mass is 10.0. The molecule has 0 aromatic heterocycles. The normalized spacial score (nSPS) is 13.8. The second-order valence-electron chi connectivity index (χ2n) is 20.1. The average molecular weight is 1180 g/mol. The van der Waals surface area contributed by atoms with Gasteiger partial charge in [-0.2, -0.15) is 0 Å². The van der Waals surface area contributed by atoms with Gasteiger partial charge in [0, 0.05) is 40.2 Å². The molecule has 0 saturated heterocycles. The Morgan fingerprint density at radius 1 is 0.354 bits per heavy atom. The van der Waals surface area contributed by atoms with Gasteiger partial charge in [0.2, 0.25) is 47.3 Å². The maximum atomic E-state index is 14.5. The second kappa shape index (κ2) is 51.5. The van der Waals surface area contributed by atoms with Crippen molar-refractivity contribution in [2.24, 2.45) is 34.4 Å². The summed E-state index contributed by atoms with van der Waals surface area (Å²) in [7, 11) is 3.09. The van der Waals surface area contributed by atoms with Crippen LogP contribution in [0.1, 0.15) is 148 Å². The van der Waals surface area contributed by atoms with Crippen molar-refractivity contribution in [2.75, 3.05) is 99.7 Å². The Morgan fingerprint density at radius 3 is 0.915 bits per heavy atom. The van der Waals surface area contributed by atoms with Crippen LogP contribution >= 0.6 is 0 Å². The quantitative estimate of drug-likeness (QED) is 0.0283. The number of ether oxygens (including phenoxy) is 4. The maximum absolute atomic E-state index is 14.5. The highest BCUT2D eigenvalue weighted by molar-refractivity contribution is 5.97. The number of amides is 8. The minimum Gasteiger partial charge on any atom is -0.480 e. The van der Waals surface area contributed by atoms with Crippen LogP contribution in [0.15, 0.2) is 0 Å². The first kappa shape index (κ1) is 76.8. The van der Waals surface area contributed by atoms with Gasteiger partial charge in [-0.25, -0.2) is 4.79 Å². The fourth-order valence-corrected chi connectivity index (χ4v) is 8.25. The summed E-state index contributed by atoms with van der Waals surface area (Å²) in [6.07, 6.45) is 7.48. The summed E-state index contributed by atoms with van der Waals surface area (Å²) in [5, 5.41) is 32.0. The summed E-state index contributed by atoms with van der Waals surface area (Å²) >= 11 is 0. The van der Waals surface area contributed by atoms with Crippen LogP contribution in [0.5, 0.6) is 0 Å². The van der Waals surface area contributed by atoms with Crippen molar-refractivity contribution in [1.82, 2.24) is 42.5 Å². The zero-order valence-corrected chi connectivity index (χ0v) is 49.2. The lowest BCUT2D eigenvalue weighted by Crippen LogP contribution is -2.59. The van der Waals surface area contributed by atoms with Gasteiger partial charge in [-0.15, -0.1) is 0 Å². The van der Waals surface area contributed by atoms with E-state index in [-0.39, 0.29) is 103 Å². The van der Waals surface area contributed by atoms with Gasteiger partial charge in [0.1, 0.15) is 36.3 Å². The molecule has 0 aliphatic rings. The first-order valence-corrected chi connectivity index (χ1v) is 29.5. The van der Waals surface area contributed by atoms with Gasteiger partial charge >= 0.3 is 5.97 Å². The standard InChI is InChI=1S/C54H106N14O14/c1-79-35-37-81-33-24-46(69)61-31-15-8-22-44(67-49(72)40(18-4-11-27-56)63-48(71)39(60)17-3-10-26-55)52(75)65-41(19-5-12-28-57)50(73)64-42(20-6-13-29-58)51(74)66-43(21-7-14-30-59)53(76)68-45(54(77)78)23-9-16-32-62-47(70)25-34-82-38-36-80-2/h39-45H,3-38,55-60H2,1-2H3,(H,61,69)(H,62,70)(H,63,71)(H,64,73)(H,65,75)(H,66,74)(H,67,72)(H,68,76)(H,77,78). The molecule has 0 radical (unpaired) electrons. The summed E-state index contributed by atoms with van der Waals surface area (Å²) in [5.41, 5.74) is 35.0. The monoisotopic (exact) mass is 1170 g/mol. The SMILES string of the molecule is COCCOCCC(=O)NCCCCC(NC(=O)C(CCCCN)NC(=O)C(CCCCN)NC(=O)C(CCCCN)NC(=O)C(CCCCNC(=O)CCOCCOC)NC(=O)C(CCCCN)NC(=O)C(N)CCCCN)C(=O)O. The van der Waals surface area contributed by atoms with Crippen LogP contribution in [0, 0.1) is 0 Å². The fourth-order valence-electron chi connectivity index (χ4n) is 8.25. The van der Waals surface area contributed by atoms with Crippen LogP contribution in [-0.2, 0) is 62.1 Å². The fraction of sp³-hybridized carbons (Fsp3) is 0.833. The number of carboxylic acid groups (broad SMARTS) is 1. The number of methoxy groups -OCH3 is 2. The zero-order chi connectivity index (χ0) is 61.2. The number of carbonyl (C=O) groups excluding carboxylic acids is 8. The lowest BCUT2D eigenvalue weighted by molar-refractivity contribution is -0.142. The molecule has 8 amide bonds. The zero-order valence-electron chi connectivity index (χ0n) is 49.2. The number of unbranched alkanes of at least 4 members (excludes halogenated alkanes) is 7. The molecule has 7 unspecified atom stereocenters. The predicted molar refractivity (Wildman–Crippen MR) is 310 cm³/mol. The molecule has 82 heavy (non-hydrogen) atoms. The van der Waals surface area contributed by atoms with Crippen LogP contribution in [-0.4, -0.2) is 200 Å². The van der Waals surface area contributed by atoms with Crippen LogP contribution < -0.4 is 76.9 Å². The van der Waals surface area contributed by atoms with Crippen LogP contribution in [0.3, 0.4) is 0 Å². The number of nitrogens with one attached hydrogen (secondary N) is 8. The van der Waals surface area contributed by atoms with Gasteiger partial charge in [0.15, 0.2) is 0 Å². The van der Waals surface area contributed by atoms with Crippen LogP contribution in [0.4, 0.5) is 0 Å². The second-order valence-corrected chi connectivity index (χ2v) is 20.1. The van der Waals surface area contributed by atoms with Crippen LogP contribution in [0.25, 0.3) is 0 Å². The molecule has 0 aromatic carbocycles. The molecule has 0 rings (SSSR count). The van der Waals surface area contributed by atoms with E-state index in [2.05, 4.69) is 42.5 Å². The molecule has 0 bridgehead atoms. The first-order valence-electron chi connectivity index (χ1n) is 29.5.